The van der Waals surface area contributed by atoms with Gasteiger partial charge in [-0.3, -0.25) is 9.59 Å². The number of carbonyl (C=O) groups is 2. The maximum absolute atomic E-state index is 12.8. The zero-order valence-electron chi connectivity index (χ0n) is 16.6. The Morgan fingerprint density at radius 3 is 2.52 bits per heavy atom. The molecular weight excluding hydrogens is 364 g/mol. The number of carbonyl (C=O) groups excluding carboxylic acids is 2. The van der Waals surface area contributed by atoms with E-state index >= 15 is 0 Å². The second-order valence-corrected chi connectivity index (χ2v) is 7.30. The number of rotatable bonds is 7. The van der Waals surface area contributed by atoms with Gasteiger partial charge >= 0.3 is 0 Å². The van der Waals surface area contributed by atoms with Gasteiger partial charge in [0.05, 0.1) is 18.8 Å². The zero-order valence-corrected chi connectivity index (χ0v) is 16.6. The molecule has 5 heteroatoms. The summed E-state index contributed by atoms with van der Waals surface area (Å²) in [6, 6.07) is 19.4. The second kappa shape index (κ2) is 7.95. The smallest absolute Gasteiger partial charge is 0.258 e. The fourth-order valence-electron chi connectivity index (χ4n) is 3.89. The molecule has 3 aromatic rings. The number of anilines is 1. The highest BCUT2D eigenvalue weighted by atomic mass is 16.5. The lowest BCUT2D eigenvalue weighted by Crippen LogP contribution is -2.30. The van der Waals surface area contributed by atoms with Gasteiger partial charge in [0, 0.05) is 23.9 Å². The molecule has 5 nitrogen and oxygen atoms in total. The molecule has 0 bridgehead atoms. The molecule has 0 saturated carbocycles. The van der Waals surface area contributed by atoms with Crippen LogP contribution in [0.3, 0.4) is 0 Å². The van der Waals surface area contributed by atoms with E-state index in [1.165, 1.54) is 0 Å². The number of amides is 2. The van der Waals surface area contributed by atoms with Crippen molar-refractivity contribution in [3.8, 4) is 5.75 Å². The van der Waals surface area contributed by atoms with Crippen molar-refractivity contribution in [3.05, 3.63) is 71.8 Å². The van der Waals surface area contributed by atoms with E-state index in [-0.39, 0.29) is 17.9 Å². The molecule has 0 fully saturated rings. The Morgan fingerprint density at radius 2 is 1.79 bits per heavy atom. The highest BCUT2D eigenvalue weighted by Crippen LogP contribution is 2.37. The van der Waals surface area contributed by atoms with Crippen molar-refractivity contribution in [1.82, 2.24) is 5.32 Å². The summed E-state index contributed by atoms with van der Waals surface area (Å²) in [6.45, 7) is 2.48. The summed E-state index contributed by atoms with van der Waals surface area (Å²) in [7, 11) is 1.63. The quantitative estimate of drug-likeness (QED) is 0.650. The fourth-order valence-corrected chi connectivity index (χ4v) is 3.89. The van der Waals surface area contributed by atoms with Crippen LogP contribution < -0.4 is 15.0 Å². The maximum atomic E-state index is 12.8. The van der Waals surface area contributed by atoms with Crippen LogP contribution in [0.25, 0.3) is 10.8 Å². The average Bonchev–Trinajstić information content (AvgIpc) is 3.02. The molecular formula is C24H24N2O3. The normalized spacial score (nSPS) is 13.6. The lowest BCUT2D eigenvalue weighted by molar-refractivity contribution is -0.121. The first kappa shape index (κ1) is 19.0. The van der Waals surface area contributed by atoms with Gasteiger partial charge in [-0.15, -0.1) is 0 Å². The number of hydrogen-bond acceptors (Lipinski definition) is 3. The lowest BCUT2D eigenvalue weighted by Gasteiger charge is -2.18. The van der Waals surface area contributed by atoms with Crippen molar-refractivity contribution < 1.29 is 14.3 Å². The summed E-state index contributed by atoms with van der Waals surface area (Å²) in [5, 5.41) is 5.11. The minimum Gasteiger partial charge on any atom is -0.497 e. The minimum atomic E-state index is -0.0835. The van der Waals surface area contributed by atoms with Crippen LogP contribution in [0.2, 0.25) is 0 Å². The molecule has 3 aromatic carbocycles. The molecule has 2 amide bonds. The lowest BCUT2D eigenvalue weighted by atomic mass is 10.1. The Morgan fingerprint density at radius 1 is 1.07 bits per heavy atom. The predicted octanol–water partition coefficient (Wildman–Crippen LogP) is 4.47. The summed E-state index contributed by atoms with van der Waals surface area (Å²) in [5.41, 5.74) is 2.71. The largest absolute Gasteiger partial charge is 0.497 e. The molecule has 1 aliphatic heterocycles. The molecule has 0 saturated heterocycles. The number of benzene rings is 3. The average molecular weight is 388 g/mol. The van der Waals surface area contributed by atoms with Crippen LogP contribution in [0.1, 0.15) is 41.7 Å². The summed E-state index contributed by atoms with van der Waals surface area (Å²) in [5.74, 6) is 0.790. The highest BCUT2D eigenvalue weighted by Gasteiger charge is 2.29. The number of hydrogen-bond donors (Lipinski definition) is 1. The molecule has 0 radical (unpaired) electrons. The van der Waals surface area contributed by atoms with E-state index < -0.39 is 0 Å². The first-order chi connectivity index (χ1) is 14.1. The van der Waals surface area contributed by atoms with Crippen LogP contribution in [-0.4, -0.2) is 25.5 Å². The molecule has 1 N–H and O–H groups in total. The van der Waals surface area contributed by atoms with E-state index in [0.717, 1.165) is 33.3 Å². The van der Waals surface area contributed by atoms with Crippen LogP contribution in [0.4, 0.5) is 5.69 Å². The van der Waals surface area contributed by atoms with E-state index in [1.54, 1.807) is 12.0 Å². The van der Waals surface area contributed by atoms with Gasteiger partial charge in [-0.05, 0) is 48.6 Å². The molecule has 148 valence electrons. The number of methoxy groups -OCH3 is 1. The van der Waals surface area contributed by atoms with E-state index in [0.29, 0.717) is 19.4 Å². The third-order valence-electron chi connectivity index (χ3n) is 5.43. The third-order valence-corrected chi connectivity index (χ3v) is 5.43. The van der Waals surface area contributed by atoms with Crippen molar-refractivity contribution in [1.29, 1.82) is 0 Å². The van der Waals surface area contributed by atoms with Gasteiger partial charge in [-0.1, -0.05) is 36.4 Å². The summed E-state index contributed by atoms with van der Waals surface area (Å²) in [6.07, 6.45) is 0.980. The Kier molecular flexibility index (Phi) is 5.21. The first-order valence-electron chi connectivity index (χ1n) is 9.85. The zero-order chi connectivity index (χ0) is 20.4. The minimum absolute atomic E-state index is 0.0174. The van der Waals surface area contributed by atoms with Crippen molar-refractivity contribution >= 4 is 28.3 Å². The molecule has 4 rings (SSSR count). The standard InChI is InChI=1S/C24H24N2O3/c1-16(17-11-13-19(29-2)14-12-17)25-22(27)10-5-15-26-21-9-4-7-18-6-3-8-20(23(18)21)24(26)28/h3-4,6-9,11-14,16H,5,10,15H2,1-2H3,(H,25,27). The van der Waals surface area contributed by atoms with Crippen LogP contribution in [0.15, 0.2) is 60.7 Å². The molecule has 0 spiro atoms. The summed E-state index contributed by atoms with van der Waals surface area (Å²) in [4.78, 5) is 26.9. The van der Waals surface area contributed by atoms with E-state index in [2.05, 4.69) is 5.32 Å². The van der Waals surface area contributed by atoms with Gasteiger partial charge in [0.1, 0.15) is 5.75 Å². The van der Waals surface area contributed by atoms with E-state index in [4.69, 9.17) is 4.74 Å². The Labute approximate surface area is 170 Å². The van der Waals surface area contributed by atoms with Gasteiger partial charge in [0.2, 0.25) is 5.91 Å². The Bertz CT molecular complexity index is 1050. The molecule has 1 aliphatic rings. The SMILES string of the molecule is COc1ccc(C(C)NC(=O)CCCN2C(=O)c3cccc4cccc2c34)cc1. The van der Waals surface area contributed by atoms with Gasteiger partial charge < -0.3 is 15.0 Å². The van der Waals surface area contributed by atoms with Crippen molar-refractivity contribution in [2.24, 2.45) is 0 Å². The molecule has 0 aromatic heterocycles. The number of ether oxygens (including phenoxy) is 1. The molecule has 1 atom stereocenters. The summed E-state index contributed by atoms with van der Waals surface area (Å²) < 4.78 is 5.17. The number of nitrogens with one attached hydrogen (secondary N) is 1. The maximum Gasteiger partial charge on any atom is 0.258 e. The number of nitrogens with zero attached hydrogens (tertiary/aromatic N) is 1. The van der Waals surface area contributed by atoms with Crippen molar-refractivity contribution in [3.63, 3.8) is 0 Å². The van der Waals surface area contributed by atoms with Gasteiger partial charge in [-0.25, -0.2) is 0 Å². The monoisotopic (exact) mass is 388 g/mol. The van der Waals surface area contributed by atoms with Crippen LogP contribution in [-0.2, 0) is 4.79 Å². The Hall–Kier alpha value is -3.34. The highest BCUT2D eigenvalue weighted by molar-refractivity contribution is 6.25. The topological polar surface area (TPSA) is 58.6 Å². The first-order valence-corrected chi connectivity index (χ1v) is 9.85. The van der Waals surface area contributed by atoms with Crippen molar-refractivity contribution in [2.45, 2.75) is 25.8 Å². The molecule has 1 unspecified atom stereocenters. The molecule has 0 aliphatic carbocycles. The second-order valence-electron chi connectivity index (χ2n) is 7.30. The Balaban J connectivity index is 1.34. The van der Waals surface area contributed by atoms with E-state index in [1.807, 2.05) is 67.6 Å². The van der Waals surface area contributed by atoms with Gasteiger partial charge in [0.15, 0.2) is 0 Å². The van der Waals surface area contributed by atoms with Crippen LogP contribution in [0, 0.1) is 0 Å². The molecule has 1 heterocycles. The molecule has 29 heavy (non-hydrogen) atoms. The van der Waals surface area contributed by atoms with Crippen LogP contribution >= 0.6 is 0 Å². The fraction of sp³-hybridized carbons (Fsp3) is 0.250. The van der Waals surface area contributed by atoms with Gasteiger partial charge in [0.25, 0.3) is 5.91 Å². The summed E-state index contributed by atoms with van der Waals surface area (Å²) >= 11 is 0. The third kappa shape index (κ3) is 3.68. The predicted molar refractivity (Wildman–Crippen MR) is 114 cm³/mol. The van der Waals surface area contributed by atoms with Crippen LogP contribution in [0.5, 0.6) is 5.75 Å². The van der Waals surface area contributed by atoms with Crippen molar-refractivity contribution in [2.75, 3.05) is 18.6 Å². The van der Waals surface area contributed by atoms with E-state index in [9.17, 15) is 9.59 Å². The van der Waals surface area contributed by atoms with Gasteiger partial charge in [-0.2, -0.15) is 0 Å².